The number of hydrogen-bond donors (Lipinski definition) is 1. The first-order valence-electron chi connectivity index (χ1n) is 7.38. The molecule has 124 valence electrons. The first-order valence-corrected chi connectivity index (χ1v) is 11.0. The summed E-state index contributed by atoms with van der Waals surface area (Å²) in [6, 6.07) is 3.88. The van der Waals surface area contributed by atoms with E-state index in [1.54, 1.807) is 23.7 Å². The molecule has 6 nitrogen and oxygen atoms in total. The van der Waals surface area contributed by atoms with Crippen LogP contribution in [-0.4, -0.2) is 40.9 Å². The summed E-state index contributed by atoms with van der Waals surface area (Å²) in [6.45, 7) is 0. The van der Waals surface area contributed by atoms with Crippen molar-refractivity contribution in [2.45, 2.75) is 12.5 Å². The molecule has 9 heteroatoms. The van der Waals surface area contributed by atoms with Crippen molar-refractivity contribution in [3.63, 3.8) is 0 Å². The van der Waals surface area contributed by atoms with Gasteiger partial charge in [0.05, 0.1) is 11.5 Å². The van der Waals surface area contributed by atoms with Crippen molar-refractivity contribution in [3.8, 4) is 21.1 Å². The number of aromatic nitrogens is 3. The molecule has 1 aliphatic heterocycles. The summed E-state index contributed by atoms with van der Waals surface area (Å²) in [7, 11) is -2.94. The maximum atomic E-state index is 11.6. The van der Waals surface area contributed by atoms with Crippen LogP contribution >= 0.6 is 22.7 Å². The van der Waals surface area contributed by atoms with Crippen LogP contribution in [0.2, 0.25) is 0 Å². The Morgan fingerprint density at radius 3 is 2.79 bits per heavy atom. The summed E-state index contributed by atoms with van der Waals surface area (Å²) in [5, 5.41) is 7.89. The number of anilines is 1. The molecule has 1 atom stereocenters. The van der Waals surface area contributed by atoms with Crippen molar-refractivity contribution in [1.82, 2.24) is 15.0 Å². The highest BCUT2D eigenvalue weighted by atomic mass is 32.2. The second kappa shape index (κ2) is 6.23. The van der Waals surface area contributed by atoms with E-state index in [1.165, 1.54) is 11.3 Å². The molecule has 24 heavy (non-hydrogen) atoms. The molecule has 0 saturated carbocycles. The summed E-state index contributed by atoms with van der Waals surface area (Å²) in [5.41, 5.74) is 1.70. The van der Waals surface area contributed by atoms with Gasteiger partial charge in [-0.15, -0.1) is 22.7 Å². The van der Waals surface area contributed by atoms with Crippen LogP contribution < -0.4 is 5.32 Å². The van der Waals surface area contributed by atoms with Gasteiger partial charge in [0.15, 0.2) is 9.84 Å². The van der Waals surface area contributed by atoms with Crippen LogP contribution in [0.1, 0.15) is 6.42 Å². The highest BCUT2D eigenvalue weighted by Gasteiger charge is 2.28. The predicted octanol–water partition coefficient (Wildman–Crippen LogP) is 2.93. The molecule has 0 radical (unpaired) electrons. The zero-order valence-corrected chi connectivity index (χ0v) is 15.0. The van der Waals surface area contributed by atoms with Crippen LogP contribution in [0.5, 0.6) is 0 Å². The average Bonchev–Trinajstić information content (AvgIpc) is 3.29. The normalized spacial score (nSPS) is 19.4. The van der Waals surface area contributed by atoms with Crippen molar-refractivity contribution >= 4 is 38.5 Å². The lowest BCUT2D eigenvalue weighted by molar-refractivity contribution is 0.602. The Bertz CT molecular complexity index is 937. The summed E-state index contributed by atoms with van der Waals surface area (Å²) >= 11 is 3.14. The zero-order valence-electron chi connectivity index (χ0n) is 12.5. The predicted molar refractivity (Wildman–Crippen MR) is 97.1 cm³/mol. The van der Waals surface area contributed by atoms with Gasteiger partial charge in [-0.25, -0.2) is 23.4 Å². The Hall–Kier alpha value is -1.84. The first kappa shape index (κ1) is 15.7. The van der Waals surface area contributed by atoms with Gasteiger partial charge in [0, 0.05) is 34.3 Å². The van der Waals surface area contributed by atoms with Crippen LogP contribution in [-0.2, 0) is 9.84 Å². The van der Waals surface area contributed by atoms with E-state index in [1.807, 2.05) is 22.9 Å². The Morgan fingerprint density at radius 1 is 1.21 bits per heavy atom. The van der Waals surface area contributed by atoms with Gasteiger partial charge >= 0.3 is 0 Å². The number of thiophene rings is 1. The van der Waals surface area contributed by atoms with Crippen molar-refractivity contribution in [2.75, 3.05) is 16.8 Å². The SMILES string of the molecule is O=S1(=O)CC[C@@H](Nc2ncc(-c3cccs3)c(-c3nccs3)n2)C1. The maximum absolute atomic E-state index is 11.6. The molecule has 1 N–H and O–H groups in total. The van der Waals surface area contributed by atoms with Crippen molar-refractivity contribution in [1.29, 1.82) is 0 Å². The van der Waals surface area contributed by atoms with Crippen LogP contribution in [0.4, 0.5) is 5.95 Å². The highest BCUT2D eigenvalue weighted by Crippen LogP contribution is 2.34. The summed E-state index contributed by atoms with van der Waals surface area (Å²) in [6.07, 6.45) is 4.11. The van der Waals surface area contributed by atoms with Gasteiger partial charge < -0.3 is 5.32 Å². The van der Waals surface area contributed by atoms with Crippen molar-refractivity contribution in [2.24, 2.45) is 0 Å². The molecule has 1 saturated heterocycles. The van der Waals surface area contributed by atoms with E-state index in [9.17, 15) is 8.42 Å². The van der Waals surface area contributed by atoms with Crippen LogP contribution in [0, 0.1) is 0 Å². The molecule has 1 fully saturated rings. The number of nitrogens with zero attached hydrogens (tertiary/aromatic N) is 3. The standard InChI is InChI=1S/C15H14N4O2S3/c20-24(21)7-3-10(9-24)18-15-17-8-11(12-2-1-5-22-12)13(19-15)14-16-4-6-23-14/h1-2,4-6,8,10H,3,7,9H2,(H,17,18,19)/t10-/m1/s1. The van der Waals surface area contributed by atoms with Crippen molar-refractivity contribution < 1.29 is 8.42 Å². The quantitative estimate of drug-likeness (QED) is 0.751. The van der Waals surface area contributed by atoms with Gasteiger partial charge in [0.2, 0.25) is 5.95 Å². The van der Waals surface area contributed by atoms with Gasteiger partial charge in [0.1, 0.15) is 10.7 Å². The van der Waals surface area contributed by atoms with Gasteiger partial charge in [-0.05, 0) is 17.9 Å². The molecule has 0 unspecified atom stereocenters. The second-order valence-electron chi connectivity index (χ2n) is 5.51. The van der Waals surface area contributed by atoms with E-state index < -0.39 is 9.84 Å². The molecule has 4 rings (SSSR count). The van der Waals surface area contributed by atoms with Gasteiger partial charge in [-0.3, -0.25) is 0 Å². The third-order valence-electron chi connectivity index (χ3n) is 3.78. The molecule has 4 heterocycles. The lowest BCUT2D eigenvalue weighted by Gasteiger charge is -2.12. The van der Waals surface area contributed by atoms with Gasteiger partial charge in [0.25, 0.3) is 0 Å². The Labute approximate surface area is 147 Å². The van der Waals surface area contributed by atoms with Crippen LogP contribution in [0.15, 0.2) is 35.3 Å². The molecular weight excluding hydrogens is 364 g/mol. The van der Waals surface area contributed by atoms with E-state index in [0.29, 0.717) is 12.4 Å². The number of nitrogens with one attached hydrogen (secondary N) is 1. The molecule has 0 bridgehead atoms. The minimum absolute atomic E-state index is 0.133. The number of hydrogen-bond acceptors (Lipinski definition) is 8. The number of sulfone groups is 1. The third kappa shape index (κ3) is 3.19. The minimum atomic E-state index is -2.94. The fourth-order valence-corrected chi connectivity index (χ4v) is 5.71. The first-order chi connectivity index (χ1) is 11.6. The maximum Gasteiger partial charge on any atom is 0.223 e. The Kier molecular flexibility index (Phi) is 4.07. The smallest absolute Gasteiger partial charge is 0.223 e. The molecule has 0 aromatic carbocycles. The molecule has 3 aromatic heterocycles. The summed E-state index contributed by atoms with van der Waals surface area (Å²) in [4.78, 5) is 14.4. The van der Waals surface area contributed by atoms with E-state index in [0.717, 1.165) is 21.1 Å². The Morgan fingerprint density at radius 2 is 2.12 bits per heavy atom. The van der Waals surface area contributed by atoms with E-state index in [4.69, 9.17) is 0 Å². The molecular formula is C15H14N4O2S3. The lowest BCUT2D eigenvalue weighted by Crippen LogP contribution is -2.22. The topological polar surface area (TPSA) is 84.8 Å². The summed E-state index contributed by atoms with van der Waals surface area (Å²) < 4.78 is 23.2. The van der Waals surface area contributed by atoms with Gasteiger partial charge in [-0.1, -0.05) is 6.07 Å². The largest absolute Gasteiger partial charge is 0.350 e. The van der Waals surface area contributed by atoms with Crippen molar-refractivity contribution in [3.05, 3.63) is 35.3 Å². The molecule has 0 spiro atoms. The minimum Gasteiger partial charge on any atom is -0.350 e. The Balaban J connectivity index is 1.69. The molecule has 3 aromatic rings. The second-order valence-corrected chi connectivity index (χ2v) is 9.59. The van der Waals surface area contributed by atoms with E-state index in [-0.39, 0.29) is 17.5 Å². The van der Waals surface area contributed by atoms with E-state index >= 15 is 0 Å². The summed E-state index contributed by atoms with van der Waals surface area (Å²) in [5.74, 6) is 0.801. The monoisotopic (exact) mass is 378 g/mol. The third-order valence-corrected chi connectivity index (χ3v) is 7.23. The molecule has 0 aliphatic carbocycles. The average molecular weight is 379 g/mol. The van der Waals surface area contributed by atoms with Crippen LogP contribution in [0.3, 0.4) is 0 Å². The zero-order chi connectivity index (χ0) is 16.6. The van der Waals surface area contributed by atoms with Gasteiger partial charge in [-0.2, -0.15) is 0 Å². The number of thiazole rings is 1. The molecule has 0 amide bonds. The van der Waals surface area contributed by atoms with E-state index in [2.05, 4.69) is 20.3 Å². The number of rotatable bonds is 4. The fourth-order valence-electron chi connectivity index (χ4n) is 2.66. The molecule has 1 aliphatic rings. The highest BCUT2D eigenvalue weighted by molar-refractivity contribution is 7.91. The fraction of sp³-hybridized carbons (Fsp3) is 0.267. The van der Waals surface area contributed by atoms with Crippen LogP contribution in [0.25, 0.3) is 21.1 Å². The lowest BCUT2D eigenvalue weighted by atomic mass is 10.2.